The fourth-order valence-electron chi connectivity index (χ4n) is 2.69. The first kappa shape index (κ1) is 20.4. The van der Waals surface area contributed by atoms with Crippen molar-refractivity contribution in [2.24, 2.45) is 0 Å². The normalized spacial score (nSPS) is 12.5. The molecule has 0 amide bonds. The van der Waals surface area contributed by atoms with Crippen molar-refractivity contribution in [2.45, 2.75) is 25.5 Å². The van der Waals surface area contributed by atoms with Gasteiger partial charge in [-0.1, -0.05) is 6.92 Å². The highest BCUT2D eigenvalue weighted by atomic mass is 32.2. The Morgan fingerprint density at radius 1 is 1.38 bits per heavy atom. The number of carbonyl (C=O) groups is 1. The van der Waals surface area contributed by atoms with Crippen molar-refractivity contribution in [1.82, 2.24) is 9.97 Å². The Labute approximate surface area is 165 Å². The molecule has 0 saturated heterocycles. The quantitative estimate of drug-likeness (QED) is 0.464. The van der Waals surface area contributed by atoms with E-state index in [4.69, 9.17) is 6.57 Å². The van der Waals surface area contributed by atoms with Crippen LogP contribution in [0.1, 0.15) is 36.2 Å². The summed E-state index contributed by atoms with van der Waals surface area (Å²) in [7, 11) is -3.91. The van der Waals surface area contributed by atoms with Crippen LogP contribution in [0.5, 0.6) is 0 Å². The lowest BCUT2D eigenvalue weighted by molar-refractivity contribution is 0.103. The standard InChI is InChI=1S/C19H16F2N4O3S/c1-4-10(2)29(27,28)25-15-6-5-14(20)16(17(15)21)18(26)13-9-24-19-12(13)7-11(22-3)8-23-19/h5-10,25H,4H2,1-2H3,(H,23,24). The molecule has 29 heavy (non-hydrogen) atoms. The Morgan fingerprint density at radius 3 is 2.76 bits per heavy atom. The lowest BCUT2D eigenvalue weighted by Gasteiger charge is -2.15. The van der Waals surface area contributed by atoms with E-state index in [2.05, 4.69) is 19.5 Å². The van der Waals surface area contributed by atoms with Crippen molar-refractivity contribution in [2.75, 3.05) is 4.72 Å². The van der Waals surface area contributed by atoms with E-state index in [1.54, 1.807) is 6.92 Å². The molecule has 2 N–H and O–H groups in total. The topological polar surface area (TPSA) is 96.3 Å². The van der Waals surface area contributed by atoms with Gasteiger partial charge in [-0.25, -0.2) is 22.0 Å². The van der Waals surface area contributed by atoms with Gasteiger partial charge < -0.3 is 4.98 Å². The van der Waals surface area contributed by atoms with E-state index in [0.29, 0.717) is 0 Å². The van der Waals surface area contributed by atoms with Crippen LogP contribution < -0.4 is 4.72 Å². The van der Waals surface area contributed by atoms with Crippen LogP contribution in [0, 0.1) is 18.2 Å². The first-order chi connectivity index (χ1) is 13.7. The number of hydrogen-bond donors (Lipinski definition) is 2. The zero-order valence-corrected chi connectivity index (χ0v) is 16.3. The van der Waals surface area contributed by atoms with Crippen molar-refractivity contribution in [3.05, 3.63) is 64.8 Å². The molecule has 0 saturated carbocycles. The number of ketones is 1. The van der Waals surface area contributed by atoms with Gasteiger partial charge in [-0.3, -0.25) is 14.5 Å². The molecule has 10 heteroatoms. The van der Waals surface area contributed by atoms with Crippen LogP contribution in [0.3, 0.4) is 0 Å². The van der Waals surface area contributed by atoms with Crippen LogP contribution in [0.25, 0.3) is 15.9 Å². The van der Waals surface area contributed by atoms with Gasteiger partial charge in [0, 0.05) is 23.3 Å². The Balaban J connectivity index is 2.10. The Kier molecular flexibility index (Phi) is 5.35. The van der Waals surface area contributed by atoms with E-state index in [-0.39, 0.29) is 28.7 Å². The molecule has 0 radical (unpaired) electrons. The van der Waals surface area contributed by atoms with Gasteiger partial charge in [-0.2, -0.15) is 0 Å². The van der Waals surface area contributed by atoms with Gasteiger partial charge >= 0.3 is 0 Å². The molecule has 0 aliphatic carbocycles. The Morgan fingerprint density at radius 2 is 2.10 bits per heavy atom. The third-order valence-corrected chi connectivity index (χ3v) is 6.46. The number of carbonyl (C=O) groups excluding carboxylic acids is 1. The maximum atomic E-state index is 15.0. The number of aromatic nitrogens is 2. The zero-order valence-electron chi connectivity index (χ0n) is 15.5. The van der Waals surface area contributed by atoms with Crippen LogP contribution in [0.2, 0.25) is 0 Å². The van der Waals surface area contributed by atoms with Gasteiger partial charge in [-0.15, -0.1) is 0 Å². The van der Waals surface area contributed by atoms with Crippen molar-refractivity contribution < 1.29 is 22.0 Å². The lowest BCUT2D eigenvalue weighted by atomic mass is 10.0. The van der Waals surface area contributed by atoms with Crippen LogP contribution >= 0.6 is 0 Å². The summed E-state index contributed by atoms with van der Waals surface area (Å²) >= 11 is 0. The molecule has 0 spiro atoms. The van der Waals surface area contributed by atoms with Gasteiger partial charge in [0.1, 0.15) is 11.5 Å². The van der Waals surface area contributed by atoms with Crippen LogP contribution in [0.15, 0.2) is 30.6 Å². The number of fused-ring (bicyclic) bond motifs is 1. The van der Waals surface area contributed by atoms with Gasteiger partial charge in [0.2, 0.25) is 21.5 Å². The van der Waals surface area contributed by atoms with E-state index in [1.807, 2.05) is 0 Å². The minimum absolute atomic E-state index is 0.0854. The fourth-order valence-corrected chi connectivity index (χ4v) is 3.79. The Hall–Kier alpha value is -3.32. The fraction of sp³-hybridized carbons (Fsp3) is 0.211. The minimum Gasteiger partial charge on any atom is -0.345 e. The SMILES string of the molecule is [C-]#[N+]c1cnc2[nH]cc(C(=O)c3c(F)ccc(NS(=O)(=O)C(C)CC)c3F)c2c1. The first-order valence-electron chi connectivity index (χ1n) is 8.58. The average Bonchev–Trinajstić information content (AvgIpc) is 3.12. The molecule has 1 unspecified atom stereocenters. The molecule has 1 atom stereocenters. The summed E-state index contributed by atoms with van der Waals surface area (Å²) in [5.41, 5.74) is -1.08. The summed E-state index contributed by atoms with van der Waals surface area (Å²) in [6.45, 7) is 10.2. The molecule has 0 bridgehead atoms. The van der Waals surface area contributed by atoms with Crippen LogP contribution in [-0.2, 0) is 10.0 Å². The second-order valence-corrected chi connectivity index (χ2v) is 8.48. The van der Waals surface area contributed by atoms with Crippen LogP contribution in [0.4, 0.5) is 20.2 Å². The number of H-pyrrole nitrogens is 1. The van der Waals surface area contributed by atoms with Crippen molar-refractivity contribution in [3.8, 4) is 0 Å². The monoisotopic (exact) mass is 418 g/mol. The molecular weight excluding hydrogens is 402 g/mol. The summed E-state index contributed by atoms with van der Waals surface area (Å²) in [5.74, 6) is -3.45. The molecule has 7 nitrogen and oxygen atoms in total. The number of halogens is 2. The number of benzene rings is 1. The van der Waals surface area contributed by atoms with Crippen molar-refractivity contribution in [3.63, 3.8) is 0 Å². The third-order valence-electron chi connectivity index (χ3n) is 4.57. The molecule has 150 valence electrons. The molecule has 3 aromatic rings. The van der Waals surface area contributed by atoms with Crippen LogP contribution in [-0.4, -0.2) is 29.4 Å². The molecule has 3 rings (SSSR count). The predicted octanol–water partition coefficient (Wildman–Crippen LogP) is 4.16. The van der Waals surface area contributed by atoms with E-state index in [0.717, 1.165) is 12.1 Å². The van der Waals surface area contributed by atoms with Gasteiger partial charge in [0.15, 0.2) is 5.82 Å². The zero-order chi connectivity index (χ0) is 21.3. The molecule has 2 heterocycles. The maximum Gasteiger partial charge on any atom is 0.235 e. The number of sulfonamides is 1. The number of rotatable bonds is 6. The summed E-state index contributed by atoms with van der Waals surface area (Å²) in [4.78, 5) is 22.8. The lowest BCUT2D eigenvalue weighted by Crippen LogP contribution is -2.25. The molecule has 1 aromatic carbocycles. The maximum absolute atomic E-state index is 15.0. The highest BCUT2D eigenvalue weighted by molar-refractivity contribution is 7.93. The summed E-state index contributed by atoms with van der Waals surface area (Å²) < 4.78 is 55.9. The van der Waals surface area contributed by atoms with E-state index in [9.17, 15) is 22.0 Å². The second-order valence-electron chi connectivity index (χ2n) is 6.38. The van der Waals surface area contributed by atoms with E-state index >= 15 is 0 Å². The molecule has 0 fully saturated rings. The molecule has 0 aliphatic heterocycles. The smallest absolute Gasteiger partial charge is 0.235 e. The van der Waals surface area contributed by atoms with Crippen molar-refractivity contribution >= 4 is 38.2 Å². The van der Waals surface area contributed by atoms with Gasteiger partial charge in [0.25, 0.3) is 0 Å². The number of hydrogen-bond acceptors (Lipinski definition) is 4. The number of nitrogens with one attached hydrogen (secondary N) is 2. The van der Waals surface area contributed by atoms with Crippen molar-refractivity contribution in [1.29, 1.82) is 0 Å². The largest absolute Gasteiger partial charge is 0.345 e. The highest BCUT2D eigenvalue weighted by Gasteiger charge is 2.27. The highest BCUT2D eigenvalue weighted by Crippen LogP contribution is 2.29. The number of anilines is 1. The number of nitrogens with zero attached hydrogens (tertiary/aromatic N) is 2. The summed E-state index contributed by atoms with van der Waals surface area (Å²) in [6, 6.07) is 3.13. The molecular formula is C19H16F2N4O3S. The minimum atomic E-state index is -3.91. The Bertz CT molecular complexity index is 1260. The molecule has 2 aromatic heterocycles. The number of aromatic amines is 1. The third kappa shape index (κ3) is 3.69. The summed E-state index contributed by atoms with van der Waals surface area (Å²) in [5, 5.41) is -0.578. The van der Waals surface area contributed by atoms with Gasteiger partial charge in [-0.05, 0) is 31.5 Å². The molecule has 0 aliphatic rings. The average molecular weight is 418 g/mol. The summed E-state index contributed by atoms with van der Waals surface area (Å²) in [6.07, 6.45) is 2.82. The van der Waals surface area contributed by atoms with E-state index in [1.165, 1.54) is 25.4 Å². The first-order valence-corrected chi connectivity index (χ1v) is 10.1. The van der Waals surface area contributed by atoms with Gasteiger partial charge in [0.05, 0.1) is 23.1 Å². The van der Waals surface area contributed by atoms with E-state index < -0.39 is 43.9 Å². The second kappa shape index (κ2) is 7.60. The number of pyridine rings is 1. The predicted molar refractivity (Wildman–Crippen MR) is 104 cm³/mol.